The molecular weight excluding hydrogens is 312 g/mol. The zero-order chi connectivity index (χ0) is 16.3. The van der Waals surface area contributed by atoms with Crippen LogP contribution >= 0.6 is 11.6 Å². The Bertz CT molecular complexity index is 627. The van der Waals surface area contributed by atoms with E-state index in [0.717, 1.165) is 5.56 Å². The number of anilines is 1. The molecular formula is C14H21ClN2O3S. The van der Waals surface area contributed by atoms with Gasteiger partial charge in [0.2, 0.25) is 0 Å². The fourth-order valence-corrected chi connectivity index (χ4v) is 2.75. The molecule has 21 heavy (non-hydrogen) atoms. The first-order valence-corrected chi connectivity index (χ1v) is 8.95. The van der Waals surface area contributed by atoms with E-state index in [-0.39, 0.29) is 11.8 Å². The highest BCUT2D eigenvalue weighted by molar-refractivity contribution is 7.90. The molecule has 0 saturated carbocycles. The predicted molar refractivity (Wildman–Crippen MR) is 86.8 cm³/mol. The van der Waals surface area contributed by atoms with Crippen LogP contribution in [-0.2, 0) is 9.84 Å². The number of carbonyl (C=O) groups excluding carboxylic acids is 1. The molecule has 2 N–H and O–H groups in total. The van der Waals surface area contributed by atoms with Crippen LogP contribution in [0.15, 0.2) is 18.2 Å². The van der Waals surface area contributed by atoms with Crippen molar-refractivity contribution in [3.8, 4) is 0 Å². The molecule has 0 atom stereocenters. The molecule has 1 rings (SSSR count). The van der Waals surface area contributed by atoms with Gasteiger partial charge in [-0.3, -0.25) is 0 Å². The summed E-state index contributed by atoms with van der Waals surface area (Å²) in [6.07, 6.45) is 1.52. The Labute approximate surface area is 131 Å². The Kier molecular flexibility index (Phi) is 5.64. The van der Waals surface area contributed by atoms with Gasteiger partial charge in [0.15, 0.2) is 0 Å². The summed E-state index contributed by atoms with van der Waals surface area (Å²) < 4.78 is 22.4. The van der Waals surface area contributed by atoms with Crippen LogP contribution in [0.5, 0.6) is 0 Å². The second-order valence-electron chi connectivity index (χ2n) is 5.80. The van der Waals surface area contributed by atoms with Crippen LogP contribution in [0.25, 0.3) is 0 Å². The zero-order valence-electron chi connectivity index (χ0n) is 12.7. The van der Waals surface area contributed by atoms with Gasteiger partial charge in [-0.15, -0.1) is 0 Å². The molecule has 5 nitrogen and oxygen atoms in total. The molecule has 0 saturated heterocycles. The van der Waals surface area contributed by atoms with Gasteiger partial charge < -0.3 is 10.6 Å². The largest absolute Gasteiger partial charge is 0.333 e. The molecule has 0 aliphatic carbocycles. The minimum atomic E-state index is -3.05. The zero-order valence-corrected chi connectivity index (χ0v) is 14.2. The number of sulfone groups is 1. The number of hydrogen-bond acceptors (Lipinski definition) is 3. The fourth-order valence-electron chi connectivity index (χ4n) is 1.69. The molecule has 7 heteroatoms. The van der Waals surface area contributed by atoms with E-state index in [0.29, 0.717) is 17.1 Å². The van der Waals surface area contributed by atoms with Crippen molar-refractivity contribution in [1.82, 2.24) is 5.32 Å². The average Bonchev–Trinajstić information content (AvgIpc) is 2.30. The Morgan fingerprint density at radius 2 is 1.95 bits per heavy atom. The van der Waals surface area contributed by atoms with Crippen molar-refractivity contribution in [2.24, 2.45) is 0 Å². The smallest absolute Gasteiger partial charge is 0.319 e. The third-order valence-corrected chi connectivity index (χ3v) is 4.18. The molecule has 0 spiro atoms. The number of carbonyl (C=O) groups is 1. The molecule has 0 fully saturated rings. The second kappa shape index (κ2) is 6.66. The van der Waals surface area contributed by atoms with Crippen LogP contribution in [-0.4, -0.2) is 32.0 Å². The lowest BCUT2D eigenvalue weighted by Crippen LogP contribution is -2.46. The monoisotopic (exact) mass is 332 g/mol. The maximum absolute atomic E-state index is 12.0. The average molecular weight is 333 g/mol. The summed E-state index contributed by atoms with van der Waals surface area (Å²) in [5.74, 6) is 0.0243. The summed E-state index contributed by atoms with van der Waals surface area (Å²) >= 11 is 5.89. The summed E-state index contributed by atoms with van der Waals surface area (Å²) in [7, 11) is -3.05. The van der Waals surface area contributed by atoms with Gasteiger partial charge in [-0.25, -0.2) is 13.2 Å². The number of halogens is 1. The second-order valence-corrected chi connectivity index (χ2v) is 8.50. The summed E-state index contributed by atoms with van der Waals surface area (Å²) in [5.41, 5.74) is 0.891. The van der Waals surface area contributed by atoms with Gasteiger partial charge in [0, 0.05) is 22.5 Å². The van der Waals surface area contributed by atoms with E-state index < -0.39 is 15.4 Å². The normalized spacial score (nSPS) is 12.0. The molecule has 1 aromatic rings. The van der Waals surface area contributed by atoms with Gasteiger partial charge >= 0.3 is 6.03 Å². The lowest BCUT2D eigenvalue weighted by molar-refractivity contribution is 0.240. The Morgan fingerprint density at radius 1 is 1.33 bits per heavy atom. The quantitative estimate of drug-likeness (QED) is 0.870. The van der Waals surface area contributed by atoms with Crippen molar-refractivity contribution in [3.63, 3.8) is 0 Å². The summed E-state index contributed by atoms with van der Waals surface area (Å²) in [5, 5.41) is 6.02. The molecule has 0 radical (unpaired) electrons. The number of nitrogens with one attached hydrogen (secondary N) is 2. The van der Waals surface area contributed by atoms with Gasteiger partial charge in [0.05, 0.1) is 5.75 Å². The third-order valence-electron chi connectivity index (χ3n) is 3.00. The minimum absolute atomic E-state index is 0.0243. The lowest BCUT2D eigenvalue weighted by Gasteiger charge is -2.26. The van der Waals surface area contributed by atoms with Gasteiger partial charge in [0.25, 0.3) is 0 Å². The van der Waals surface area contributed by atoms with Crippen molar-refractivity contribution in [1.29, 1.82) is 0 Å². The number of aryl methyl sites for hydroxylation is 1. The highest BCUT2D eigenvalue weighted by Gasteiger charge is 2.22. The highest BCUT2D eigenvalue weighted by atomic mass is 35.5. The number of hydrogen-bond donors (Lipinski definition) is 2. The molecule has 2 amide bonds. The molecule has 0 bridgehead atoms. The Balaban J connectivity index is 2.66. The SMILES string of the molecule is Cc1ccc(Cl)cc1NC(=O)NC(C)(C)CCS(C)(=O)=O. The summed E-state index contributed by atoms with van der Waals surface area (Å²) in [6.45, 7) is 5.42. The first kappa shape index (κ1) is 17.8. The summed E-state index contributed by atoms with van der Waals surface area (Å²) in [4.78, 5) is 12.0. The van der Waals surface area contributed by atoms with Crippen molar-refractivity contribution in [2.75, 3.05) is 17.3 Å². The van der Waals surface area contributed by atoms with E-state index in [2.05, 4.69) is 10.6 Å². The molecule has 0 aromatic heterocycles. The van der Waals surface area contributed by atoms with E-state index in [1.807, 2.05) is 13.0 Å². The van der Waals surface area contributed by atoms with Crippen molar-refractivity contribution in [3.05, 3.63) is 28.8 Å². The van der Waals surface area contributed by atoms with Crippen LogP contribution in [0, 0.1) is 6.92 Å². The molecule has 1 aromatic carbocycles. The van der Waals surface area contributed by atoms with E-state index in [1.54, 1.807) is 26.0 Å². The Hall–Kier alpha value is -1.27. The highest BCUT2D eigenvalue weighted by Crippen LogP contribution is 2.20. The van der Waals surface area contributed by atoms with Crippen LogP contribution in [0.4, 0.5) is 10.5 Å². The maximum Gasteiger partial charge on any atom is 0.319 e. The van der Waals surface area contributed by atoms with Crippen molar-refractivity contribution < 1.29 is 13.2 Å². The first-order chi connectivity index (χ1) is 9.48. The molecule has 0 aliphatic rings. The predicted octanol–water partition coefficient (Wildman–Crippen LogP) is 2.98. The molecule has 0 heterocycles. The number of amides is 2. The van der Waals surface area contributed by atoms with Crippen molar-refractivity contribution in [2.45, 2.75) is 32.7 Å². The van der Waals surface area contributed by atoms with Crippen LogP contribution in [0.1, 0.15) is 25.8 Å². The van der Waals surface area contributed by atoms with Crippen LogP contribution in [0.3, 0.4) is 0 Å². The molecule has 0 unspecified atom stereocenters. The van der Waals surface area contributed by atoms with Gasteiger partial charge in [-0.1, -0.05) is 17.7 Å². The van der Waals surface area contributed by atoms with Crippen molar-refractivity contribution >= 4 is 33.2 Å². The van der Waals surface area contributed by atoms with Gasteiger partial charge in [0.1, 0.15) is 9.84 Å². The minimum Gasteiger partial charge on any atom is -0.333 e. The van der Waals surface area contributed by atoms with E-state index in [4.69, 9.17) is 11.6 Å². The molecule has 118 valence electrons. The Morgan fingerprint density at radius 3 is 2.52 bits per heavy atom. The van der Waals surface area contributed by atoms with Gasteiger partial charge in [-0.2, -0.15) is 0 Å². The van der Waals surface area contributed by atoms with Gasteiger partial charge in [-0.05, 0) is 44.9 Å². The maximum atomic E-state index is 12.0. The number of benzene rings is 1. The van der Waals surface area contributed by atoms with Crippen LogP contribution in [0.2, 0.25) is 5.02 Å². The molecule has 0 aliphatic heterocycles. The number of urea groups is 1. The summed E-state index contributed by atoms with van der Waals surface area (Å²) in [6, 6.07) is 4.83. The fraction of sp³-hybridized carbons (Fsp3) is 0.500. The standard InChI is InChI=1S/C14H21ClN2O3S/c1-10-5-6-11(15)9-12(10)16-13(18)17-14(2,3)7-8-21(4,19)20/h5-6,9H,7-8H2,1-4H3,(H2,16,17,18). The number of rotatable bonds is 5. The first-order valence-electron chi connectivity index (χ1n) is 6.51. The van der Waals surface area contributed by atoms with E-state index in [9.17, 15) is 13.2 Å². The topological polar surface area (TPSA) is 75.3 Å². The lowest BCUT2D eigenvalue weighted by atomic mass is 10.0. The third kappa shape index (κ3) is 6.82. The van der Waals surface area contributed by atoms with E-state index in [1.165, 1.54) is 6.26 Å². The van der Waals surface area contributed by atoms with Crippen LogP contribution < -0.4 is 10.6 Å². The van der Waals surface area contributed by atoms with E-state index >= 15 is 0 Å².